The molecule has 0 aliphatic heterocycles. The summed E-state index contributed by atoms with van der Waals surface area (Å²) >= 11 is 0. The highest BCUT2D eigenvalue weighted by Gasteiger charge is 2.32. The highest BCUT2D eigenvalue weighted by molar-refractivity contribution is 5.84. The van der Waals surface area contributed by atoms with E-state index in [0.29, 0.717) is 5.69 Å². The van der Waals surface area contributed by atoms with E-state index in [2.05, 4.69) is 9.72 Å². The molecular weight excluding hydrogens is 259 g/mol. The first-order valence-corrected chi connectivity index (χ1v) is 5.86. The molecule has 100 valence electrons. The summed E-state index contributed by atoms with van der Waals surface area (Å²) < 4.78 is 40.9. The van der Waals surface area contributed by atoms with E-state index < -0.39 is 6.36 Å². The summed E-state index contributed by atoms with van der Waals surface area (Å²) in [6.45, 7) is 0. The molecule has 2 aromatic rings. The van der Waals surface area contributed by atoms with Gasteiger partial charge in [0.15, 0.2) is 11.2 Å². The van der Waals surface area contributed by atoms with Gasteiger partial charge >= 0.3 is 6.36 Å². The number of fused-ring (bicyclic) bond motifs is 1. The SMILES string of the molecule is O=c1cc(C2CC2)[nH]c2c(OC(F)(F)F)cccc12. The van der Waals surface area contributed by atoms with E-state index in [1.165, 1.54) is 24.3 Å². The van der Waals surface area contributed by atoms with Crippen LogP contribution in [0.5, 0.6) is 5.75 Å². The smallest absolute Gasteiger partial charge is 0.404 e. The molecule has 6 heteroatoms. The lowest BCUT2D eigenvalue weighted by Gasteiger charge is -2.12. The van der Waals surface area contributed by atoms with Gasteiger partial charge in [0.2, 0.25) is 0 Å². The number of hydrogen-bond acceptors (Lipinski definition) is 2. The Bertz CT molecular complexity index is 686. The van der Waals surface area contributed by atoms with Crippen LogP contribution in [0.25, 0.3) is 10.9 Å². The molecule has 0 amide bonds. The molecule has 1 aromatic carbocycles. The highest BCUT2D eigenvalue weighted by atomic mass is 19.4. The van der Waals surface area contributed by atoms with Crippen molar-refractivity contribution in [3.05, 3.63) is 40.2 Å². The zero-order valence-corrected chi connectivity index (χ0v) is 9.75. The van der Waals surface area contributed by atoms with Gasteiger partial charge in [-0.3, -0.25) is 4.79 Å². The van der Waals surface area contributed by atoms with Crippen LogP contribution >= 0.6 is 0 Å². The number of para-hydroxylation sites is 1. The van der Waals surface area contributed by atoms with Gasteiger partial charge in [-0.05, 0) is 30.9 Å². The van der Waals surface area contributed by atoms with Crippen molar-refractivity contribution in [3.8, 4) is 5.75 Å². The third-order valence-electron chi connectivity index (χ3n) is 3.09. The van der Waals surface area contributed by atoms with Crippen molar-refractivity contribution in [2.75, 3.05) is 0 Å². The average molecular weight is 269 g/mol. The summed E-state index contributed by atoms with van der Waals surface area (Å²) in [7, 11) is 0. The van der Waals surface area contributed by atoms with Crippen LogP contribution in [-0.4, -0.2) is 11.3 Å². The Morgan fingerprint density at radius 2 is 2.00 bits per heavy atom. The minimum absolute atomic E-state index is 0.106. The predicted octanol–water partition coefficient (Wildman–Crippen LogP) is 3.30. The summed E-state index contributed by atoms with van der Waals surface area (Å²) in [5.74, 6) is -0.124. The third kappa shape index (κ3) is 2.43. The number of nitrogens with one attached hydrogen (secondary N) is 1. The van der Waals surface area contributed by atoms with Gasteiger partial charge in [-0.15, -0.1) is 13.2 Å². The van der Waals surface area contributed by atoms with Crippen LogP contribution < -0.4 is 10.2 Å². The van der Waals surface area contributed by atoms with E-state index in [4.69, 9.17) is 0 Å². The monoisotopic (exact) mass is 269 g/mol. The first-order valence-electron chi connectivity index (χ1n) is 5.86. The number of aromatic amines is 1. The number of rotatable bonds is 2. The van der Waals surface area contributed by atoms with Crippen molar-refractivity contribution in [1.29, 1.82) is 0 Å². The van der Waals surface area contributed by atoms with Gasteiger partial charge in [-0.25, -0.2) is 0 Å². The lowest BCUT2D eigenvalue weighted by atomic mass is 10.1. The van der Waals surface area contributed by atoms with Crippen molar-refractivity contribution >= 4 is 10.9 Å². The Hall–Kier alpha value is -1.98. The van der Waals surface area contributed by atoms with Gasteiger partial charge in [-0.2, -0.15) is 0 Å². The zero-order chi connectivity index (χ0) is 13.6. The van der Waals surface area contributed by atoms with Gasteiger partial charge < -0.3 is 9.72 Å². The minimum Gasteiger partial charge on any atom is -0.404 e. The van der Waals surface area contributed by atoms with E-state index in [9.17, 15) is 18.0 Å². The maximum atomic E-state index is 12.3. The van der Waals surface area contributed by atoms with E-state index in [0.717, 1.165) is 12.8 Å². The first kappa shape index (κ1) is 12.1. The van der Waals surface area contributed by atoms with E-state index >= 15 is 0 Å². The molecular formula is C13H10F3NO2. The molecule has 0 saturated heterocycles. The molecule has 19 heavy (non-hydrogen) atoms. The maximum Gasteiger partial charge on any atom is 0.573 e. The summed E-state index contributed by atoms with van der Waals surface area (Å²) in [6.07, 6.45) is -2.88. The molecule has 0 bridgehead atoms. The standard InChI is InChI=1S/C13H10F3NO2/c14-13(15,16)19-11-3-1-2-8-10(18)6-9(7-4-5-7)17-12(8)11/h1-3,6-7H,4-5H2,(H,17,18). The van der Waals surface area contributed by atoms with Crippen LogP contribution in [0.15, 0.2) is 29.1 Å². The van der Waals surface area contributed by atoms with Crippen LogP contribution in [0.4, 0.5) is 13.2 Å². The second kappa shape index (κ2) is 4.01. The van der Waals surface area contributed by atoms with Crippen LogP contribution in [0.3, 0.4) is 0 Å². The van der Waals surface area contributed by atoms with Crippen molar-refractivity contribution in [1.82, 2.24) is 4.98 Å². The largest absolute Gasteiger partial charge is 0.573 e. The molecule has 3 nitrogen and oxygen atoms in total. The fraction of sp³-hybridized carbons (Fsp3) is 0.308. The predicted molar refractivity (Wildman–Crippen MR) is 63.2 cm³/mol. The summed E-state index contributed by atoms with van der Waals surface area (Å²) in [6, 6.07) is 5.50. The van der Waals surface area contributed by atoms with Gasteiger partial charge in [-0.1, -0.05) is 6.07 Å². The van der Waals surface area contributed by atoms with Crippen LogP contribution in [0, 0.1) is 0 Å². The second-order valence-electron chi connectivity index (χ2n) is 4.59. The molecule has 1 saturated carbocycles. The number of alkyl halides is 3. The molecule has 0 spiro atoms. The number of hydrogen-bond donors (Lipinski definition) is 1. The van der Waals surface area contributed by atoms with Crippen LogP contribution in [0.2, 0.25) is 0 Å². The topological polar surface area (TPSA) is 42.1 Å². The second-order valence-corrected chi connectivity index (χ2v) is 4.59. The molecule has 0 unspecified atom stereocenters. The summed E-state index contributed by atoms with van der Waals surface area (Å²) in [5, 5.41) is 0.200. The Balaban J connectivity index is 2.19. The lowest BCUT2D eigenvalue weighted by Crippen LogP contribution is -2.18. The Morgan fingerprint density at radius 1 is 1.26 bits per heavy atom. The highest BCUT2D eigenvalue weighted by Crippen LogP contribution is 2.39. The van der Waals surface area contributed by atoms with Crippen molar-refractivity contribution in [2.24, 2.45) is 0 Å². The Labute approximate surface area is 106 Å². The molecule has 1 aliphatic rings. The van der Waals surface area contributed by atoms with Gasteiger partial charge in [0.1, 0.15) is 0 Å². The fourth-order valence-electron chi connectivity index (χ4n) is 2.09. The molecule has 1 aromatic heterocycles. The van der Waals surface area contributed by atoms with Crippen molar-refractivity contribution in [3.63, 3.8) is 0 Å². The molecule has 1 heterocycles. The number of benzene rings is 1. The van der Waals surface area contributed by atoms with Gasteiger partial charge in [0.05, 0.1) is 5.52 Å². The zero-order valence-electron chi connectivity index (χ0n) is 9.75. The van der Waals surface area contributed by atoms with Crippen molar-refractivity contribution in [2.45, 2.75) is 25.1 Å². The molecule has 0 atom stereocenters. The number of H-pyrrole nitrogens is 1. The molecule has 0 radical (unpaired) electrons. The molecule has 1 fully saturated rings. The van der Waals surface area contributed by atoms with E-state index in [1.807, 2.05) is 0 Å². The number of halogens is 3. The minimum atomic E-state index is -4.78. The summed E-state index contributed by atoms with van der Waals surface area (Å²) in [5.41, 5.74) is 0.494. The first-order chi connectivity index (χ1) is 8.94. The van der Waals surface area contributed by atoms with E-state index in [-0.39, 0.29) is 28.0 Å². The molecule has 1 N–H and O–H groups in total. The van der Waals surface area contributed by atoms with Crippen molar-refractivity contribution < 1.29 is 17.9 Å². The quantitative estimate of drug-likeness (QED) is 0.908. The number of ether oxygens (including phenoxy) is 1. The number of pyridine rings is 1. The summed E-state index contributed by atoms with van der Waals surface area (Å²) in [4.78, 5) is 14.8. The average Bonchev–Trinajstić information content (AvgIpc) is 3.12. The molecule has 3 rings (SSSR count). The van der Waals surface area contributed by atoms with Gasteiger partial charge in [0, 0.05) is 17.1 Å². The molecule has 1 aliphatic carbocycles. The maximum absolute atomic E-state index is 12.3. The van der Waals surface area contributed by atoms with Crippen LogP contribution in [0.1, 0.15) is 24.5 Å². The Morgan fingerprint density at radius 3 is 2.63 bits per heavy atom. The van der Waals surface area contributed by atoms with E-state index in [1.54, 1.807) is 0 Å². The Kier molecular flexibility index (Phi) is 2.55. The normalized spacial score (nSPS) is 15.7. The fourth-order valence-corrected chi connectivity index (χ4v) is 2.09. The number of aromatic nitrogens is 1. The lowest BCUT2D eigenvalue weighted by molar-refractivity contribution is -0.274. The third-order valence-corrected chi connectivity index (χ3v) is 3.09. The van der Waals surface area contributed by atoms with Gasteiger partial charge in [0.25, 0.3) is 0 Å². The van der Waals surface area contributed by atoms with Crippen LogP contribution in [-0.2, 0) is 0 Å².